The quantitative estimate of drug-likeness (QED) is 0.894. The molecule has 1 aliphatic rings. The van der Waals surface area contributed by atoms with Gasteiger partial charge in [-0.3, -0.25) is 4.79 Å². The van der Waals surface area contributed by atoms with E-state index in [2.05, 4.69) is 11.4 Å². The van der Waals surface area contributed by atoms with Crippen LogP contribution in [0.2, 0.25) is 0 Å². The van der Waals surface area contributed by atoms with Crippen LogP contribution in [0.25, 0.3) is 0 Å². The summed E-state index contributed by atoms with van der Waals surface area (Å²) in [5.74, 6) is 0.0957. The molecule has 1 aliphatic heterocycles. The fraction of sp³-hybridized carbons (Fsp3) is 0.643. The maximum absolute atomic E-state index is 12.5. The molecule has 18 heavy (non-hydrogen) atoms. The number of carbonyl (C=O) groups excluding carboxylic acids is 1. The van der Waals surface area contributed by atoms with Crippen LogP contribution in [0.3, 0.4) is 0 Å². The Morgan fingerprint density at radius 3 is 2.83 bits per heavy atom. The van der Waals surface area contributed by atoms with Crippen molar-refractivity contribution < 1.29 is 4.79 Å². The van der Waals surface area contributed by atoms with E-state index in [0.29, 0.717) is 0 Å². The van der Waals surface area contributed by atoms with Gasteiger partial charge in [-0.1, -0.05) is 26.8 Å². The van der Waals surface area contributed by atoms with Crippen molar-refractivity contribution >= 4 is 17.2 Å². The zero-order chi connectivity index (χ0) is 13.3. The van der Waals surface area contributed by atoms with Crippen molar-refractivity contribution in [3.05, 3.63) is 22.4 Å². The summed E-state index contributed by atoms with van der Waals surface area (Å²) in [6, 6.07) is 3.98. The lowest BCUT2D eigenvalue weighted by molar-refractivity contribution is -0.135. The molecule has 0 bridgehead atoms. The van der Waals surface area contributed by atoms with E-state index in [-0.39, 0.29) is 17.4 Å². The van der Waals surface area contributed by atoms with Gasteiger partial charge < -0.3 is 10.6 Å². The minimum atomic E-state index is -0.418. The summed E-state index contributed by atoms with van der Waals surface area (Å²) in [6.45, 7) is 6.90. The van der Waals surface area contributed by atoms with E-state index in [4.69, 9.17) is 5.73 Å². The molecule has 100 valence electrons. The van der Waals surface area contributed by atoms with E-state index in [1.54, 1.807) is 11.3 Å². The van der Waals surface area contributed by atoms with Gasteiger partial charge in [-0.25, -0.2) is 0 Å². The van der Waals surface area contributed by atoms with Crippen molar-refractivity contribution in [2.75, 3.05) is 6.54 Å². The standard InChI is InChI=1S/C14H22N2OS/c1-14(2,3)12(15)13(17)16-8-4-6-10(16)11-7-5-9-18-11/h5,7,9-10,12H,4,6,8,15H2,1-3H3. The Balaban J connectivity index is 2.15. The van der Waals surface area contributed by atoms with Crippen LogP contribution in [0.15, 0.2) is 17.5 Å². The molecule has 1 fully saturated rings. The number of hydrogen-bond acceptors (Lipinski definition) is 3. The molecule has 4 heteroatoms. The largest absolute Gasteiger partial charge is 0.333 e. The number of thiophene rings is 1. The molecule has 2 heterocycles. The van der Waals surface area contributed by atoms with Gasteiger partial charge in [0.25, 0.3) is 0 Å². The van der Waals surface area contributed by atoms with Gasteiger partial charge in [0.05, 0.1) is 12.1 Å². The van der Waals surface area contributed by atoms with E-state index in [1.165, 1.54) is 4.88 Å². The fourth-order valence-electron chi connectivity index (χ4n) is 2.36. The Hall–Kier alpha value is -0.870. The van der Waals surface area contributed by atoms with Crippen LogP contribution in [0, 0.1) is 5.41 Å². The molecule has 2 N–H and O–H groups in total. The first kappa shape index (κ1) is 13.6. The van der Waals surface area contributed by atoms with Crippen molar-refractivity contribution in [3.8, 4) is 0 Å². The average Bonchev–Trinajstić information content (AvgIpc) is 2.95. The smallest absolute Gasteiger partial charge is 0.240 e. The summed E-state index contributed by atoms with van der Waals surface area (Å²) >= 11 is 1.73. The molecule has 3 nitrogen and oxygen atoms in total. The van der Waals surface area contributed by atoms with Gasteiger partial charge in [0, 0.05) is 11.4 Å². The molecular weight excluding hydrogens is 244 g/mol. The van der Waals surface area contributed by atoms with E-state index in [9.17, 15) is 4.79 Å². The third kappa shape index (κ3) is 2.59. The molecule has 0 spiro atoms. The molecule has 1 aromatic rings. The van der Waals surface area contributed by atoms with Crippen LogP contribution in [0.5, 0.6) is 0 Å². The summed E-state index contributed by atoms with van der Waals surface area (Å²) in [4.78, 5) is 15.8. The van der Waals surface area contributed by atoms with Gasteiger partial charge >= 0.3 is 0 Å². The zero-order valence-electron chi connectivity index (χ0n) is 11.3. The number of likely N-dealkylation sites (tertiary alicyclic amines) is 1. The van der Waals surface area contributed by atoms with Crippen LogP contribution in [0.4, 0.5) is 0 Å². The Bertz CT molecular complexity index is 408. The second-order valence-electron chi connectivity index (χ2n) is 6.05. The van der Waals surface area contributed by atoms with Gasteiger partial charge in [-0.15, -0.1) is 11.3 Å². The highest BCUT2D eigenvalue weighted by Crippen LogP contribution is 2.35. The second-order valence-corrected chi connectivity index (χ2v) is 7.03. The predicted molar refractivity (Wildman–Crippen MR) is 75.4 cm³/mol. The minimum Gasteiger partial charge on any atom is -0.333 e. The van der Waals surface area contributed by atoms with Gasteiger partial charge in [-0.05, 0) is 29.7 Å². The van der Waals surface area contributed by atoms with E-state index >= 15 is 0 Å². The molecular formula is C14H22N2OS. The minimum absolute atomic E-state index is 0.0957. The van der Waals surface area contributed by atoms with Crippen molar-refractivity contribution in [3.63, 3.8) is 0 Å². The normalized spacial score (nSPS) is 22.2. The maximum atomic E-state index is 12.5. The first-order valence-electron chi connectivity index (χ1n) is 6.50. The van der Waals surface area contributed by atoms with Gasteiger partial charge in [0.1, 0.15) is 0 Å². The molecule has 2 atom stereocenters. The summed E-state index contributed by atoms with van der Waals surface area (Å²) in [5, 5.41) is 2.07. The number of nitrogens with zero attached hydrogens (tertiary/aromatic N) is 1. The number of nitrogens with two attached hydrogens (primary N) is 1. The number of rotatable bonds is 2. The van der Waals surface area contributed by atoms with Crippen LogP contribution in [0.1, 0.15) is 44.5 Å². The highest BCUT2D eigenvalue weighted by Gasteiger charge is 2.37. The van der Waals surface area contributed by atoms with Crippen molar-refractivity contribution in [1.29, 1.82) is 0 Å². The highest BCUT2D eigenvalue weighted by molar-refractivity contribution is 7.10. The molecule has 1 saturated heterocycles. The Labute approximate surface area is 113 Å². The van der Waals surface area contributed by atoms with Crippen LogP contribution in [-0.2, 0) is 4.79 Å². The average molecular weight is 266 g/mol. The molecule has 1 amide bonds. The summed E-state index contributed by atoms with van der Waals surface area (Å²) in [5.41, 5.74) is 5.92. The summed E-state index contributed by atoms with van der Waals surface area (Å²) < 4.78 is 0. The molecule has 0 radical (unpaired) electrons. The Morgan fingerprint density at radius 2 is 2.28 bits per heavy atom. The van der Waals surface area contributed by atoms with Crippen molar-refractivity contribution in [1.82, 2.24) is 4.90 Å². The SMILES string of the molecule is CC(C)(C)C(N)C(=O)N1CCCC1c1cccs1. The first-order valence-corrected chi connectivity index (χ1v) is 7.38. The second kappa shape index (κ2) is 5.02. The fourth-order valence-corrected chi connectivity index (χ4v) is 3.23. The molecule has 0 saturated carbocycles. The first-order chi connectivity index (χ1) is 8.41. The molecule has 0 aliphatic carbocycles. The van der Waals surface area contributed by atoms with Gasteiger partial charge in [0.2, 0.25) is 5.91 Å². The molecule has 1 aromatic heterocycles. The monoisotopic (exact) mass is 266 g/mol. The lowest BCUT2D eigenvalue weighted by Gasteiger charge is -2.32. The third-order valence-electron chi connectivity index (χ3n) is 3.61. The molecule has 0 aromatic carbocycles. The summed E-state index contributed by atoms with van der Waals surface area (Å²) in [6.07, 6.45) is 2.13. The van der Waals surface area contributed by atoms with Crippen molar-refractivity contribution in [2.24, 2.45) is 11.1 Å². The van der Waals surface area contributed by atoms with Crippen LogP contribution >= 0.6 is 11.3 Å². The van der Waals surface area contributed by atoms with Gasteiger partial charge in [-0.2, -0.15) is 0 Å². The molecule has 2 unspecified atom stereocenters. The van der Waals surface area contributed by atoms with E-state index in [1.807, 2.05) is 31.7 Å². The van der Waals surface area contributed by atoms with Gasteiger partial charge in [0.15, 0.2) is 0 Å². The third-order valence-corrected chi connectivity index (χ3v) is 4.58. The van der Waals surface area contributed by atoms with Crippen LogP contribution in [-0.4, -0.2) is 23.4 Å². The lowest BCUT2D eigenvalue weighted by atomic mass is 9.86. The highest BCUT2D eigenvalue weighted by atomic mass is 32.1. The van der Waals surface area contributed by atoms with E-state index in [0.717, 1.165) is 19.4 Å². The Kier molecular flexibility index (Phi) is 3.78. The summed E-state index contributed by atoms with van der Waals surface area (Å²) in [7, 11) is 0. The lowest BCUT2D eigenvalue weighted by Crippen LogP contribution is -2.50. The van der Waals surface area contributed by atoms with Crippen molar-refractivity contribution in [2.45, 2.75) is 45.7 Å². The predicted octanol–water partition coefficient (Wildman–Crippen LogP) is 2.79. The number of carbonyl (C=O) groups is 1. The number of amides is 1. The maximum Gasteiger partial charge on any atom is 0.240 e. The van der Waals surface area contributed by atoms with E-state index < -0.39 is 6.04 Å². The molecule has 2 rings (SSSR count). The topological polar surface area (TPSA) is 46.3 Å². The zero-order valence-corrected chi connectivity index (χ0v) is 12.2. The number of hydrogen-bond donors (Lipinski definition) is 1. The van der Waals surface area contributed by atoms with Crippen LogP contribution < -0.4 is 5.73 Å². The Morgan fingerprint density at radius 1 is 1.56 bits per heavy atom.